The van der Waals surface area contributed by atoms with E-state index in [0.717, 1.165) is 28.0 Å². The van der Waals surface area contributed by atoms with Gasteiger partial charge in [-0.3, -0.25) is 4.68 Å². The molecular weight excluding hydrogens is 282 g/mol. The van der Waals surface area contributed by atoms with Crippen molar-refractivity contribution in [2.45, 2.75) is 6.92 Å². The fourth-order valence-corrected chi connectivity index (χ4v) is 2.55. The molecule has 0 bridgehead atoms. The highest BCUT2D eigenvalue weighted by molar-refractivity contribution is 5.99. The van der Waals surface area contributed by atoms with Crippen molar-refractivity contribution in [3.8, 4) is 16.9 Å². The quantitative estimate of drug-likeness (QED) is 0.804. The maximum absolute atomic E-state index is 11.3. The van der Waals surface area contributed by atoms with E-state index in [2.05, 4.69) is 10.1 Å². The van der Waals surface area contributed by atoms with Gasteiger partial charge in [-0.25, -0.2) is 9.78 Å². The van der Waals surface area contributed by atoms with Crippen LogP contribution in [-0.4, -0.2) is 33.0 Å². The number of hydrogen-bond donors (Lipinski definition) is 1. The average molecular weight is 297 g/mol. The van der Waals surface area contributed by atoms with Gasteiger partial charge in [-0.2, -0.15) is 5.10 Å². The Morgan fingerprint density at radius 2 is 1.95 bits per heavy atom. The minimum atomic E-state index is -1.06. The van der Waals surface area contributed by atoms with Crippen LogP contribution >= 0.6 is 0 Å². The normalized spacial score (nSPS) is 10.9. The van der Waals surface area contributed by atoms with Crippen LogP contribution in [0.1, 0.15) is 16.2 Å². The largest absolute Gasteiger partial charge is 0.497 e. The van der Waals surface area contributed by atoms with Crippen LogP contribution in [0.2, 0.25) is 0 Å². The molecule has 0 aliphatic carbocycles. The lowest BCUT2D eigenvalue weighted by Gasteiger charge is -2.07. The summed E-state index contributed by atoms with van der Waals surface area (Å²) in [5, 5.41) is 14.5. The number of benzene rings is 1. The third-order valence-corrected chi connectivity index (χ3v) is 3.59. The molecule has 0 aliphatic heterocycles. The molecule has 3 aromatic rings. The molecule has 0 saturated carbocycles. The number of carboxylic acid groups (broad SMARTS) is 1. The predicted molar refractivity (Wildman–Crippen MR) is 82.2 cm³/mol. The zero-order valence-corrected chi connectivity index (χ0v) is 12.5. The van der Waals surface area contributed by atoms with Crippen molar-refractivity contribution >= 4 is 17.0 Å². The number of carboxylic acids is 1. The van der Waals surface area contributed by atoms with E-state index >= 15 is 0 Å². The Hall–Kier alpha value is -2.89. The molecule has 1 N–H and O–H groups in total. The van der Waals surface area contributed by atoms with Gasteiger partial charge in [0.05, 0.1) is 12.8 Å². The molecule has 0 radical (unpaired) electrons. The number of pyridine rings is 1. The van der Waals surface area contributed by atoms with Gasteiger partial charge < -0.3 is 9.84 Å². The zero-order chi connectivity index (χ0) is 15.9. The molecule has 0 atom stereocenters. The standard InChI is InChI=1S/C16H15N3O3/c1-9-14-12(10-4-6-11(22-3)7-5-10)8-13(16(20)21)17-15(14)19(2)18-9/h4-8H,1-3H3,(H,20,21). The second-order valence-electron chi connectivity index (χ2n) is 5.00. The van der Waals surface area contributed by atoms with E-state index in [1.807, 2.05) is 31.2 Å². The Balaban J connectivity index is 2.32. The van der Waals surface area contributed by atoms with Gasteiger partial charge in [-0.05, 0) is 36.2 Å². The lowest BCUT2D eigenvalue weighted by Crippen LogP contribution is -2.03. The Labute approximate surface area is 127 Å². The molecule has 2 aromatic heterocycles. The van der Waals surface area contributed by atoms with Crippen LogP contribution in [0, 0.1) is 6.92 Å². The number of nitrogens with zero attached hydrogens (tertiary/aromatic N) is 3. The molecule has 6 nitrogen and oxygen atoms in total. The lowest BCUT2D eigenvalue weighted by atomic mass is 10.0. The average Bonchev–Trinajstić information content (AvgIpc) is 2.81. The van der Waals surface area contributed by atoms with Crippen molar-refractivity contribution in [2.75, 3.05) is 7.11 Å². The Bertz CT molecular complexity index is 866. The summed E-state index contributed by atoms with van der Waals surface area (Å²) in [4.78, 5) is 15.5. The molecule has 0 aliphatic rings. The molecule has 22 heavy (non-hydrogen) atoms. The molecule has 0 amide bonds. The summed E-state index contributed by atoms with van der Waals surface area (Å²) in [5.41, 5.74) is 3.07. The summed E-state index contributed by atoms with van der Waals surface area (Å²) in [6.45, 7) is 1.89. The van der Waals surface area contributed by atoms with E-state index in [4.69, 9.17) is 4.74 Å². The Kier molecular flexibility index (Phi) is 3.29. The van der Waals surface area contributed by atoms with Crippen molar-refractivity contribution in [1.29, 1.82) is 0 Å². The van der Waals surface area contributed by atoms with Crippen molar-refractivity contribution in [3.63, 3.8) is 0 Å². The molecule has 0 unspecified atom stereocenters. The van der Waals surface area contributed by atoms with Crippen molar-refractivity contribution in [2.24, 2.45) is 7.05 Å². The van der Waals surface area contributed by atoms with Gasteiger partial charge in [0.2, 0.25) is 0 Å². The SMILES string of the molecule is COc1ccc(-c2cc(C(=O)O)nc3c2c(C)nn3C)cc1. The summed E-state index contributed by atoms with van der Waals surface area (Å²) in [5.74, 6) is -0.314. The number of carbonyl (C=O) groups is 1. The number of methoxy groups -OCH3 is 1. The van der Waals surface area contributed by atoms with E-state index in [1.54, 1.807) is 24.9 Å². The first kappa shape index (κ1) is 14.1. The fraction of sp³-hybridized carbons (Fsp3) is 0.188. The van der Waals surface area contributed by atoms with Crippen LogP contribution in [0.3, 0.4) is 0 Å². The Morgan fingerprint density at radius 3 is 2.55 bits per heavy atom. The maximum atomic E-state index is 11.3. The van der Waals surface area contributed by atoms with Crippen LogP contribution in [0.25, 0.3) is 22.2 Å². The van der Waals surface area contributed by atoms with Gasteiger partial charge in [-0.15, -0.1) is 0 Å². The molecule has 0 spiro atoms. The van der Waals surface area contributed by atoms with E-state index in [1.165, 1.54) is 0 Å². The number of hydrogen-bond acceptors (Lipinski definition) is 4. The van der Waals surface area contributed by atoms with Gasteiger partial charge in [0.1, 0.15) is 5.75 Å². The second kappa shape index (κ2) is 5.14. The van der Waals surface area contributed by atoms with Crippen LogP contribution in [0.15, 0.2) is 30.3 Å². The molecule has 0 fully saturated rings. The molecule has 112 valence electrons. The third kappa shape index (κ3) is 2.18. The van der Waals surface area contributed by atoms with Gasteiger partial charge in [0.15, 0.2) is 11.3 Å². The zero-order valence-electron chi connectivity index (χ0n) is 12.5. The fourth-order valence-electron chi connectivity index (χ4n) is 2.55. The number of fused-ring (bicyclic) bond motifs is 1. The summed E-state index contributed by atoms with van der Waals surface area (Å²) < 4.78 is 6.76. The van der Waals surface area contributed by atoms with E-state index in [9.17, 15) is 9.90 Å². The third-order valence-electron chi connectivity index (χ3n) is 3.59. The monoisotopic (exact) mass is 297 g/mol. The minimum Gasteiger partial charge on any atom is -0.497 e. The molecule has 6 heteroatoms. The van der Waals surface area contributed by atoms with Gasteiger partial charge in [0.25, 0.3) is 0 Å². The molecule has 0 saturated heterocycles. The van der Waals surface area contributed by atoms with Crippen molar-refractivity contribution in [1.82, 2.24) is 14.8 Å². The number of aromatic carboxylic acids is 1. The van der Waals surface area contributed by atoms with Crippen LogP contribution in [0.4, 0.5) is 0 Å². The first-order chi connectivity index (χ1) is 10.5. The van der Waals surface area contributed by atoms with Crippen LogP contribution in [-0.2, 0) is 7.05 Å². The van der Waals surface area contributed by atoms with E-state index in [-0.39, 0.29) is 5.69 Å². The lowest BCUT2D eigenvalue weighted by molar-refractivity contribution is 0.0691. The van der Waals surface area contributed by atoms with Crippen molar-refractivity contribution < 1.29 is 14.6 Å². The van der Waals surface area contributed by atoms with Gasteiger partial charge >= 0.3 is 5.97 Å². The topological polar surface area (TPSA) is 77.2 Å². The van der Waals surface area contributed by atoms with E-state index in [0.29, 0.717) is 5.65 Å². The predicted octanol–water partition coefficient (Wildman–Crippen LogP) is 2.65. The Morgan fingerprint density at radius 1 is 1.27 bits per heavy atom. The second-order valence-corrected chi connectivity index (χ2v) is 5.00. The number of rotatable bonds is 3. The first-order valence-corrected chi connectivity index (χ1v) is 6.73. The summed E-state index contributed by atoms with van der Waals surface area (Å²) >= 11 is 0. The number of aryl methyl sites for hydroxylation is 2. The molecule has 3 rings (SSSR count). The van der Waals surface area contributed by atoms with Gasteiger partial charge in [-0.1, -0.05) is 12.1 Å². The molecular formula is C16H15N3O3. The maximum Gasteiger partial charge on any atom is 0.354 e. The van der Waals surface area contributed by atoms with Crippen molar-refractivity contribution in [3.05, 3.63) is 41.7 Å². The first-order valence-electron chi connectivity index (χ1n) is 6.73. The summed E-state index contributed by atoms with van der Waals surface area (Å²) in [6, 6.07) is 9.06. The highest BCUT2D eigenvalue weighted by Gasteiger charge is 2.17. The number of aromatic nitrogens is 3. The minimum absolute atomic E-state index is 0.00122. The smallest absolute Gasteiger partial charge is 0.354 e. The highest BCUT2D eigenvalue weighted by atomic mass is 16.5. The van der Waals surface area contributed by atoms with Crippen LogP contribution < -0.4 is 4.74 Å². The number of ether oxygens (including phenoxy) is 1. The summed E-state index contributed by atoms with van der Waals surface area (Å²) in [6.07, 6.45) is 0. The molecule has 2 heterocycles. The summed E-state index contributed by atoms with van der Waals surface area (Å²) in [7, 11) is 3.36. The van der Waals surface area contributed by atoms with Gasteiger partial charge in [0, 0.05) is 12.4 Å². The van der Waals surface area contributed by atoms with Crippen LogP contribution in [0.5, 0.6) is 5.75 Å². The highest BCUT2D eigenvalue weighted by Crippen LogP contribution is 2.31. The molecule has 1 aromatic carbocycles. The van der Waals surface area contributed by atoms with E-state index < -0.39 is 5.97 Å².